The molecule has 2 heterocycles. The third-order valence-corrected chi connectivity index (χ3v) is 1.88. The van der Waals surface area contributed by atoms with Crippen molar-refractivity contribution in [3.8, 4) is 0 Å². The molecule has 2 N–H and O–H groups in total. The number of aryl methyl sites for hydroxylation is 1. The summed E-state index contributed by atoms with van der Waals surface area (Å²) in [6.45, 7) is 1.42. The lowest BCUT2D eigenvalue weighted by Gasteiger charge is -2.04. The Morgan fingerprint density at radius 2 is 2.50 bits per heavy atom. The number of nitrogens with one attached hydrogen (secondary N) is 1. The van der Waals surface area contributed by atoms with Crippen LogP contribution in [0.3, 0.4) is 0 Å². The lowest BCUT2D eigenvalue weighted by Crippen LogP contribution is -2.12. The molecule has 0 saturated heterocycles. The van der Waals surface area contributed by atoms with Crippen LogP contribution in [0.1, 0.15) is 5.69 Å². The van der Waals surface area contributed by atoms with Crippen molar-refractivity contribution >= 4 is 17.3 Å². The molecule has 2 rings (SSSR count). The van der Waals surface area contributed by atoms with Gasteiger partial charge in [0.25, 0.3) is 0 Å². The number of hydrogen-bond acceptors (Lipinski definition) is 5. The van der Waals surface area contributed by atoms with E-state index in [1.807, 2.05) is 13.0 Å². The third kappa shape index (κ3) is 2.09. The molecule has 0 saturated carbocycles. The molecule has 0 aliphatic rings. The van der Waals surface area contributed by atoms with Gasteiger partial charge >= 0.3 is 5.97 Å². The highest BCUT2D eigenvalue weighted by atomic mass is 16.7. The summed E-state index contributed by atoms with van der Waals surface area (Å²) < 4.78 is 1.63. The van der Waals surface area contributed by atoms with E-state index in [4.69, 9.17) is 9.94 Å². The molecule has 2 aromatic rings. The van der Waals surface area contributed by atoms with Crippen molar-refractivity contribution in [3.63, 3.8) is 0 Å². The highest BCUT2D eigenvalue weighted by molar-refractivity contribution is 5.69. The zero-order valence-corrected chi connectivity index (χ0v) is 8.54. The van der Waals surface area contributed by atoms with Gasteiger partial charge in [0.15, 0.2) is 12.4 Å². The van der Waals surface area contributed by atoms with E-state index in [1.54, 1.807) is 16.9 Å². The standard InChI is InChI=1S/C9H10N4O3/c1-6-4-7-9(12-16-5-8(14)15)10-2-3-13(7)11-6/h2-4H,5H2,1H3,(H,10,12)(H,14,15). The number of fused-ring (bicyclic) bond motifs is 1. The summed E-state index contributed by atoms with van der Waals surface area (Å²) in [6.07, 6.45) is 3.25. The van der Waals surface area contributed by atoms with Gasteiger partial charge in [0, 0.05) is 12.4 Å². The van der Waals surface area contributed by atoms with Gasteiger partial charge in [-0.25, -0.2) is 19.8 Å². The first-order valence-corrected chi connectivity index (χ1v) is 4.57. The zero-order valence-electron chi connectivity index (χ0n) is 8.54. The van der Waals surface area contributed by atoms with Gasteiger partial charge in [-0.2, -0.15) is 5.10 Å². The SMILES string of the molecule is Cc1cc2c(NOCC(=O)O)nccn2n1. The Hall–Kier alpha value is -2.15. The van der Waals surface area contributed by atoms with E-state index in [0.717, 1.165) is 11.2 Å². The Kier molecular flexibility index (Phi) is 2.69. The van der Waals surface area contributed by atoms with Crippen LogP contribution in [0.4, 0.5) is 5.82 Å². The molecule has 0 spiro atoms. The second-order valence-corrected chi connectivity index (χ2v) is 3.18. The van der Waals surface area contributed by atoms with Crippen molar-refractivity contribution in [2.45, 2.75) is 6.92 Å². The molecule has 2 aromatic heterocycles. The highest BCUT2D eigenvalue weighted by Crippen LogP contribution is 2.14. The van der Waals surface area contributed by atoms with Crippen molar-refractivity contribution in [1.82, 2.24) is 14.6 Å². The summed E-state index contributed by atoms with van der Waals surface area (Å²) in [4.78, 5) is 19.0. The minimum atomic E-state index is -1.05. The number of aliphatic carboxylic acids is 1. The number of aromatic nitrogens is 3. The van der Waals surface area contributed by atoms with Crippen LogP contribution in [0.5, 0.6) is 0 Å². The maximum atomic E-state index is 10.3. The smallest absolute Gasteiger partial charge is 0.332 e. The Morgan fingerprint density at radius 1 is 1.69 bits per heavy atom. The van der Waals surface area contributed by atoms with Crippen molar-refractivity contribution < 1.29 is 14.7 Å². The lowest BCUT2D eigenvalue weighted by atomic mass is 10.4. The number of carboxylic acids is 1. The second-order valence-electron chi connectivity index (χ2n) is 3.18. The molecule has 0 fully saturated rings. The Balaban J connectivity index is 2.20. The summed E-state index contributed by atoms with van der Waals surface area (Å²) in [5, 5.41) is 12.6. The van der Waals surface area contributed by atoms with Crippen molar-refractivity contribution in [2.75, 3.05) is 12.1 Å². The minimum absolute atomic E-state index is 0.435. The monoisotopic (exact) mass is 222 g/mol. The Morgan fingerprint density at radius 3 is 3.25 bits per heavy atom. The fraction of sp³-hybridized carbons (Fsp3) is 0.222. The maximum Gasteiger partial charge on any atom is 0.332 e. The van der Waals surface area contributed by atoms with E-state index in [0.29, 0.717) is 5.82 Å². The van der Waals surface area contributed by atoms with E-state index < -0.39 is 12.6 Å². The van der Waals surface area contributed by atoms with Gasteiger partial charge in [-0.05, 0) is 13.0 Å². The molecule has 7 heteroatoms. The van der Waals surface area contributed by atoms with Gasteiger partial charge in [-0.3, -0.25) is 4.84 Å². The maximum absolute atomic E-state index is 10.3. The fourth-order valence-electron chi connectivity index (χ4n) is 1.29. The molecule has 0 unspecified atom stereocenters. The van der Waals surface area contributed by atoms with Crippen molar-refractivity contribution in [2.24, 2.45) is 0 Å². The van der Waals surface area contributed by atoms with Crippen molar-refractivity contribution in [3.05, 3.63) is 24.2 Å². The molecular weight excluding hydrogens is 212 g/mol. The summed E-state index contributed by atoms with van der Waals surface area (Å²) in [7, 11) is 0. The highest BCUT2D eigenvalue weighted by Gasteiger charge is 2.05. The Bertz CT molecular complexity index is 522. The summed E-state index contributed by atoms with van der Waals surface area (Å²) >= 11 is 0. The van der Waals surface area contributed by atoms with Crippen LogP contribution in [0.2, 0.25) is 0 Å². The van der Waals surface area contributed by atoms with Crippen LogP contribution in [0.25, 0.3) is 5.52 Å². The van der Waals surface area contributed by atoms with Crippen LogP contribution in [-0.4, -0.2) is 32.3 Å². The van der Waals surface area contributed by atoms with Crippen LogP contribution >= 0.6 is 0 Å². The van der Waals surface area contributed by atoms with Gasteiger partial charge in [-0.15, -0.1) is 0 Å². The molecule has 7 nitrogen and oxygen atoms in total. The van der Waals surface area contributed by atoms with Gasteiger partial charge < -0.3 is 5.11 Å². The number of carbonyl (C=O) groups is 1. The molecular formula is C9H10N4O3. The average molecular weight is 222 g/mol. The van der Waals surface area contributed by atoms with Gasteiger partial charge in [0.05, 0.1) is 5.69 Å². The normalized spacial score (nSPS) is 10.6. The second kappa shape index (κ2) is 4.15. The van der Waals surface area contributed by atoms with Gasteiger partial charge in [0.1, 0.15) is 5.52 Å². The lowest BCUT2D eigenvalue weighted by molar-refractivity contribution is -0.141. The topological polar surface area (TPSA) is 88.8 Å². The van der Waals surface area contributed by atoms with Crippen molar-refractivity contribution in [1.29, 1.82) is 0 Å². The predicted octanol–water partition coefficient (Wildman–Crippen LogP) is 0.466. The van der Waals surface area contributed by atoms with Crippen LogP contribution in [0.15, 0.2) is 18.5 Å². The number of anilines is 1. The molecule has 0 aromatic carbocycles. The van der Waals surface area contributed by atoms with Gasteiger partial charge in [0.2, 0.25) is 0 Å². The minimum Gasteiger partial charge on any atom is -0.479 e. The molecule has 0 aliphatic heterocycles. The van der Waals surface area contributed by atoms with E-state index >= 15 is 0 Å². The molecule has 0 amide bonds. The quantitative estimate of drug-likeness (QED) is 0.731. The van der Waals surface area contributed by atoms with Crippen LogP contribution in [-0.2, 0) is 9.63 Å². The molecule has 0 bridgehead atoms. The van der Waals surface area contributed by atoms with E-state index in [1.165, 1.54) is 0 Å². The molecule has 0 atom stereocenters. The van der Waals surface area contributed by atoms with E-state index in [2.05, 4.69) is 15.6 Å². The molecule has 84 valence electrons. The van der Waals surface area contributed by atoms with Crippen LogP contribution in [0, 0.1) is 6.92 Å². The number of nitrogens with zero attached hydrogens (tertiary/aromatic N) is 3. The summed E-state index contributed by atoms with van der Waals surface area (Å²) in [5.41, 5.74) is 4.05. The first-order chi connectivity index (χ1) is 7.66. The summed E-state index contributed by atoms with van der Waals surface area (Å²) in [5.74, 6) is -0.617. The largest absolute Gasteiger partial charge is 0.479 e. The average Bonchev–Trinajstić information content (AvgIpc) is 2.58. The fourth-order valence-corrected chi connectivity index (χ4v) is 1.29. The first-order valence-electron chi connectivity index (χ1n) is 4.57. The first kappa shape index (κ1) is 10.4. The Labute approximate surface area is 90.6 Å². The predicted molar refractivity (Wildman–Crippen MR) is 54.9 cm³/mol. The third-order valence-electron chi connectivity index (χ3n) is 1.88. The van der Waals surface area contributed by atoms with Gasteiger partial charge in [-0.1, -0.05) is 0 Å². The molecule has 0 aliphatic carbocycles. The number of rotatable bonds is 4. The van der Waals surface area contributed by atoms with E-state index in [9.17, 15) is 4.79 Å². The molecule has 16 heavy (non-hydrogen) atoms. The van der Waals surface area contributed by atoms with E-state index in [-0.39, 0.29) is 0 Å². The van der Waals surface area contributed by atoms with Crippen LogP contribution < -0.4 is 5.48 Å². The number of hydrogen-bond donors (Lipinski definition) is 2. The number of carboxylic acid groups (broad SMARTS) is 1. The summed E-state index contributed by atoms with van der Waals surface area (Å²) in [6, 6.07) is 1.82. The zero-order chi connectivity index (χ0) is 11.5. The molecule has 0 radical (unpaired) electrons.